The standard InChI is InChI=1S/C20H22N6O2/c1-2-10-18-17(9-1)19(23-21-13-15-7-3-5-11-27-15)25-26-20(18)24-22-14-16-8-4-6-12-28-16/h1-2,5-6,9-16H,3-4,7-8H2,(H,23,25)(H,24,26)/b21-13-,22-14-/t15-,16-/m0/s1. The highest BCUT2D eigenvalue weighted by molar-refractivity contribution is 5.98. The number of ether oxygens (including phenoxy) is 2. The number of nitrogens with zero attached hydrogens (tertiary/aromatic N) is 4. The first-order valence-electron chi connectivity index (χ1n) is 9.35. The molecule has 0 saturated carbocycles. The highest BCUT2D eigenvalue weighted by Crippen LogP contribution is 2.26. The van der Waals surface area contributed by atoms with Crippen LogP contribution in [0.25, 0.3) is 10.8 Å². The zero-order valence-electron chi connectivity index (χ0n) is 15.4. The number of fused-ring (bicyclic) bond motifs is 1. The van der Waals surface area contributed by atoms with E-state index in [1.54, 1.807) is 25.0 Å². The molecule has 2 aromatic rings. The van der Waals surface area contributed by atoms with Crippen molar-refractivity contribution in [2.75, 3.05) is 10.9 Å². The van der Waals surface area contributed by atoms with Gasteiger partial charge in [-0.3, -0.25) is 10.9 Å². The van der Waals surface area contributed by atoms with Crippen LogP contribution in [0.15, 0.2) is 59.1 Å². The second-order valence-electron chi connectivity index (χ2n) is 6.47. The predicted octanol–water partition coefficient (Wildman–Crippen LogP) is 3.81. The van der Waals surface area contributed by atoms with Crippen molar-refractivity contribution in [2.45, 2.75) is 37.9 Å². The first-order chi connectivity index (χ1) is 13.9. The zero-order valence-corrected chi connectivity index (χ0v) is 15.4. The topological polar surface area (TPSA) is 93.0 Å². The Morgan fingerprint density at radius 2 is 1.32 bits per heavy atom. The molecule has 2 atom stereocenters. The molecule has 2 aliphatic rings. The number of benzene rings is 1. The van der Waals surface area contributed by atoms with Gasteiger partial charge in [-0.2, -0.15) is 10.2 Å². The fourth-order valence-corrected chi connectivity index (χ4v) is 2.96. The lowest BCUT2D eigenvalue weighted by Gasteiger charge is -2.15. The van der Waals surface area contributed by atoms with Crippen LogP contribution < -0.4 is 10.9 Å². The van der Waals surface area contributed by atoms with Crippen molar-refractivity contribution >= 4 is 34.8 Å². The fourth-order valence-electron chi connectivity index (χ4n) is 2.96. The molecule has 8 heteroatoms. The Labute approximate surface area is 163 Å². The summed E-state index contributed by atoms with van der Waals surface area (Å²) in [5.74, 6) is 1.15. The van der Waals surface area contributed by atoms with Crippen LogP contribution in [0, 0.1) is 0 Å². The van der Waals surface area contributed by atoms with Gasteiger partial charge in [-0.05, 0) is 37.8 Å². The van der Waals surface area contributed by atoms with Crippen LogP contribution in [-0.2, 0) is 9.47 Å². The van der Waals surface area contributed by atoms with E-state index in [1.807, 2.05) is 36.4 Å². The molecule has 8 nitrogen and oxygen atoms in total. The van der Waals surface area contributed by atoms with Gasteiger partial charge in [0.15, 0.2) is 11.6 Å². The molecule has 1 aromatic heterocycles. The summed E-state index contributed by atoms with van der Waals surface area (Å²) >= 11 is 0. The van der Waals surface area contributed by atoms with E-state index < -0.39 is 0 Å². The fraction of sp³-hybridized carbons (Fsp3) is 0.300. The SMILES string of the molecule is C1=CO[C@H](/C=N\Nc2nnc(N/N=C\[C@@H]3CCC=CO3)c3ccccc23)CC1. The molecular weight excluding hydrogens is 356 g/mol. The van der Waals surface area contributed by atoms with E-state index in [1.165, 1.54) is 0 Å². The molecule has 0 bridgehead atoms. The maximum absolute atomic E-state index is 5.47. The molecule has 2 aliphatic heterocycles. The Kier molecular flexibility index (Phi) is 5.77. The monoisotopic (exact) mass is 378 g/mol. The van der Waals surface area contributed by atoms with E-state index in [0.29, 0.717) is 11.6 Å². The van der Waals surface area contributed by atoms with Crippen LogP contribution in [0.1, 0.15) is 25.7 Å². The van der Waals surface area contributed by atoms with Crippen molar-refractivity contribution in [1.29, 1.82) is 0 Å². The lowest BCUT2D eigenvalue weighted by molar-refractivity contribution is 0.185. The smallest absolute Gasteiger partial charge is 0.176 e. The van der Waals surface area contributed by atoms with Crippen molar-refractivity contribution in [3.05, 3.63) is 48.9 Å². The number of anilines is 2. The van der Waals surface area contributed by atoms with Gasteiger partial charge in [0.05, 0.1) is 25.0 Å². The van der Waals surface area contributed by atoms with Crippen molar-refractivity contribution < 1.29 is 9.47 Å². The van der Waals surface area contributed by atoms with Gasteiger partial charge < -0.3 is 9.47 Å². The summed E-state index contributed by atoms with van der Waals surface area (Å²) in [4.78, 5) is 0. The second-order valence-corrected chi connectivity index (χ2v) is 6.47. The minimum atomic E-state index is -0.0242. The van der Waals surface area contributed by atoms with Gasteiger partial charge in [-0.1, -0.05) is 24.3 Å². The molecular formula is C20H22N6O2. The summed E-state index contributed by atoms with van der Waals surface area (Å²) < 4.78 is 10.9. The van der Waals surface area contributed by atoms with Crippen molar-refractivity contribution in [3.63, 3.8) is 0 Å². The quantitative estimate of drug-likeness (QED) is 0.586. The molecule has 0 spiro atoms. The first-order valence-corrected chi connectivity index (χ1v) is 9.35. The number of aromatic nitrogens is 2. The van der Waals surface area contributed by atoms with E-state index in [2.05, 4.69) is 31.3 Å². The minimum Gasteiger partial charge on any atom is -0.493 e. The van der Waals surface area contributed by atoms with Crippen LogP contribution in [0.2, 0.25) is 0 Å². The average Bonchev–Trinajstić information content (AvgIpc) is 2.76. The Balaban J connectivity index is 1.46. The highest BCUT2D eigenvalue weighted by atomic mass is 16.5. The largest absolute Gasteiger partial charge is 0.493 e. The average molecular weight is 378 g/mol. The number of allylic oxidation sites excluding steroid dienone is 2. The molecule has 144 valence electrons. The summed E-state index contributed by atoms with van der Waals surface area (Å²) in [6, 6.07) is 7.82. The van der Waals surface area contributed by atoms with Crippen LogP contribution in [0.4, 0.5) is 11.6 Å². The lowest BCUT2D eigenvalue weighted by atomic mass is 10.2. The van der Waals surface area contributed by atoms with Crippen LogP contribution in [0.5, 0.6) is 0 Å². The number of nitrogens with one attached hydrogen (secondary N) is 2. The molecule has 0 aliphatic carbocycles. The van der Waals surface area contributed by atoms with Crippen molar-refractivity contribution in [2.24, 2.45) is 10.2 Å². The molecule has 0 unspecified atom stereocenters. The summed E-state index contributed by atoms with van der Waals surface area (Å²) in [5.41, 5.74) is 5.94. The molecule has 0 saturated heterocycles. The van der Waals surface area contributed by atoms with Gasteiger partial charge in [0, 0.05) is 10.8 Å². The van der Waals surface area contributed by atoms with Gasteiger partial charge in [0.1, 0.15) is 12.2 Å². The molecule has 0 amide bonds. The molecule has 3 heterocycles. The first kappa shape index (κ1) is 18.0. The summed E-state index contributed by atoms with van der Waals surface area (Å²) in [7, 11) is 0. The second kappa shape index (κ2) is 8.98. The van der Waals surface area contributed by atoms with Gasteiger partial charge in [-0.25, -0.2) is 0 Å². The normalized spacial score (nSPS) is 21.7. The van der Waals surface area contributed by atoms with Crippen molar-refractivity contribution in [1.82, 2.24) is 10.2 Å². The highest BCUT2D eigenvalue weighted by Gasteiger charge is 2.11. The summed E-state index contributed by atoms with van der Waals surface area (Å²) in [6.45, 7) is 0. The van der Waals surface area contributed by atoms with Gasteiger partial charge in [-0.15, -0.1) is 10.2 Å². The molecule has 0 fully saturated rings. The summed E-state index contributed by atoms with van der Waals surface area (Å²) in [5, 5.41) is 18.8. The zero-order chi connectivity index (χ0) is 19.0. The van der Waals surface area contributed by atoms with E-state index in [9.17, 15) is 0 Å². The maximum atomic E-state index is 5.47. The minimum absolute atomic E-state index is 0.0242. The number of rotatable bonds is 6. The van der Waals surface area contributed by atoms with E-state index in [-0.39, 0.29) is 12.2 Å². The Hall–Kier alpha value is -3.42. The van der Waals surface area contributed by atoms with Crippen LogP contribution in [-0.4, -0.2) is 34.8 Å². The van der Waals surface area contributed by atoms with Gasteiger partial charge in [0.25, 0.3) is 0 Å². The van der Waals surface area contributed by atoms with Gasteiger partial charge >= 0.3 is 0 Å². The molecule has 2 N–H and O–H groups in total. The summed E-state index contributed by atoms with van der Waals surface area (Å²) in [6.07, 6.45) is 14.7. The van der Waals surface area contributed by atoms with Crippen molar-refractivity contribution in [3.8, 4) is 0 Å². The Bertz CT molecular complexity index is 850. The molecule has 1 aromatic carbocycles. The molecule has 28 heavy (non-hydrogen) atoms. The van der Waals surface area contributed by atoms with E-state index in [4.69, 9.17) is 9.47 Å². The van der Waals surface area contributed by atoms with E-state index >= 15 is 0 Å². The Morgan fingerprint density at radius 1 is 0.821 bits per heavy atom. The number of hydrazone groups is 2. The maximum Gasteiger partial charge on any atom is 0.176 e. The Morgan fingerprint density at radius 3 is 1.75 bits per heavy atom. The third-order valence-corrected chi connectivity index (χ3v) is 4.44. The third kappa shape index (κ3) is 4.46. The predicted molar refractivity (Wildman–Crippen MR) is 110 cm³/mol. The number of hydrogen-bond acceptors (Lipinski definition) is 8. The lowest BCUT2D eigenvalue weighted by Crippen LogP contribution is -2.15. The van der Waals surface area contributed by atoms with Crippen LogP contribution >= 0.6 is 0 Å². The van der Waals surface area contributed by atoms with Crippen LogP contribution in [0.3, 0.4) is 0 Å². The number of hydrogen-bond donors (Lipinski definition) is 2. The molecule has 4 rings (SSSR count). The van der Waals surface area contributed by atoms with E-state index in [0.717, 1.165) is 36.5 Å². The molecule has 0 radical (unpaired) electrons. The third-order valence-electron chi connectivity index (χ3n) is 4.44. The van der Waals surface area contributed by atoms with Gasteiger partial charge in [0.2, 0.25) is 0 Å².